The van der Waals surface area contributed by atoms with E-state index in [0.29, 0.717) is 5.56 Å². The Kier molecular flexibility index (Phi) is 3.80. The lowest BCUT2D eigenvalue weighted by atomic mass is 10.1. The van der Waals surface area contributed by atoms with Crippen LogP contribution in [0.3, 0.4) is 0 Å². The Balaban J connectivity index is 2.06. The molecule has 19 heavy (non-hydrogen) atoms. The fourth-order valence-corrected chi connectivity index (χ4v) is 2.20. The van der Waals surface area contributed by atoms with Gasteiger partial charge in [0.15, 0.2) is 0 Å². The first-order valence-corrected chi connectivity index (χ1v) is 5.92. The molecule has 0 spiro atoms. The highest BCUT2D eigenvalue weighted by Gasteiger charge is 2.38. The van der Waals surface area contributed by atoms with Gasteiger partial charge in [0, 0.05) is 13.0 Å². The Hall–Kier alpha value is -1.95. The number of aliphatic hydroxyl groups excluding tert-OH is 1. The third-order valence-corrected chi connectivity index (χ3v) is 3.15. The first-order valence-electron chi connectivity index (χ1n) is 5.92. The molecule has 0 unspecified atom stereocenters. The molecule has 1 heterocycles. The van der Waals surface area contributed by atoms with E-state index in [1.807, 2.05) is 0 Å². The molecule has 0 aliphatic carbocycles. The van der Waals surface area contributed by atoms with Gasteiger partial charge in [-0.25, -0.2) is 9.18 Å². The van der Waals surface area contributed by atoms with E-state index in [4.69, 9.17) is 5.11 Å². The van der Waals surface area contributed by atoms with Gasteiger partial charge in [-0.05, 0) is 17.7 Å². The van der Waals surface area contributed by atoms with Crippen molar-refractivity contribution in [3.8, 4) is 0 Å². The average molecular weight is 267 g/mol. The number of aliphatic hydroxyl groups is 1. The number of hydrogen-bond acceptors (Lipinski definition) is 3. The Bertz CT molecular complexity index is 488. The molecule has 5 nitrogen and oxygen atoms in total. The van der Waals surface area contributed by atoms with Gasteiger partial charge in [0.05, 0.1) is 12.5 Å². The first kappa shape index (κ1) is 13.5. The number of halogens is 1. The Morgan fingerprint density at radius 2 is 1.95 bits per heavy atom. The van der Waals surface area contributed by atoms with E-state index in [1.165, 1.54) is 24.3 Å². The van der Waals surface area contributed by atoms with Gasteiger partial charge < -0.3 is 15.1 Å². The lowest BCUT2D eigenvalue weighted by Crippen LogP contribution is -2.41. The van der Waals surface area contributed by atoms with E-state index < -0.39 is 23.9 Å². The Morgan fingerprint density at radius 3 is 2.53 bits per heavy atom. The molecule has 0 radical (unpaired) electrons. The third kappa shape index (κ3) is 3.08. The summed E-state index contributed by atoms with van der Waals surface area (Å²) in [6.45, 7) is 0.0248. The van der Waals surface area contributed by atoms with Gasteiger partial charge in [0.2, 0.25) is 5.91 Å². The quantitative estimate of drug-likeness (QED) is 0.831. The van der Waals surface area contributed by atoms with Crippen molar-refractivity contribution in [3.63, 3.8) is 0 Å². The van der Waals surface area contributed by atoms with E-state index in [-0.39, 0.29) is 25.3 Å². The molecule has 102 valence electrons. The van der Waals surface area contributed by atoms with Crippen LogP contribution >= 0.6 is 0 Å². The van der Waals surface area contributed by atoms with Crippen LogP contribution in [0.25, 0.3) is 0 Å². The zero-order valence-electron chi connectivity index (χ0n) is 10.1. The Morgan fingerprint density at radius 1 is 1.32 bits per heavy atom. The SMILES string of the molecule is O=C(O)[C@H]1C[C@@H](O)CN1C(=O)Cc1ccc(F)cc1. The molecule has 0 bridgehead atoms. The summed E-state index contributed by atoms with van der Waals surface area (Å²) in [4.78, 5) is 24.2. The second-order valence-electron chi connectivity index (χ2n) is 4.59. The minimum atomic E-state index is -1.12. The topological polar surface area (TPSA) is 77.8 Å². The summed E-state index contributed by atoms with van der Waals surface area (Å²) in [6, 6.07) is 4.47. The molecule has 1 aromatic carbocycles. The molecular weight excluding hydrogens is 253 g/mol. The maximum Gasteiger partial charge on any atom is 0.326 e. The van der Waals surface area contributed by atoms with Crippen molar-refractivity contribution in [1.29, 1.82) is 0 Å². The predicted molar refractivity (Wildman–Crippen MR) is 63.9 cm³/mol. The number of aliphatic carboxylic acids is 1. The highest BCUT2D eigenvalue weighted by Crippen LogP contribution is 2.19. The van der Waals surface area contributed by atoms with Gasteiger partial charge in [-0.15, -0.1) is 0 Å². The van der Waals surface area contributed by atoms with E-state index in [9.17, 15) is 19.1 Å². The van der Waals surface area contributed by atoms with Crippen LogP contribution in [0.2, 0.25) is 0 Å². The molecule has 0 saturated carbocycles. The molecule has 1 fully saturated rings. The van der Waals surface area contributed by atoms with Crippen molar-refractivity contribution < 1.29 is 24.2 Å². The first-order chi connectivity index (χ1) is 8.97. The number of carboxylic acid groups (broad SMARTS) is 1. The number of rotatable bonds is 3. The van der Waals surface area contributed by atoms with Gasteiger partial charge in [0.1, 0.15) is 11.9 Å². The maximum absolute atomic E-state index is 12.7. The number of carboxylic acids is 1. The number of nitrogens with zero attached hydrogens (tertiary/aromatic N) is 1. The fourth-order valence-electron chi connectivity index (χ4n) is 2.20. The maximum atomic E-state index is 12.7. The molecule has 1 aliphatic heterocycles. The number of β-amino-alcohol motifs (C(OH)–C–C–N with tert-alkyl or cyclic N) is 1. The summed E-state index contributed by atoms with van der Waals surface area (Å²) in [7, 11) is 0. The van der Waals surface area contributed by atoms with Crippen molar-refractivity contribution >= 4 is 11.9 Å². The van der Waals surface area contributed by atoms with E-state index in [1.54, 1.807) is 0 Å². The number of benzene rings is 1. The predicted octanol–water partition coefficient (Wildman–Crippen LogP) is 0.415. The van der Waals surface area contributed by atoms with Gasteiger partial charge in [-0.2, -0.15) is 0 Å². The van der Waals surface area contributed by atoms with Crippen LogP contribution < -0.4 is 0 Å². The monoisotopic (exact) mass is 267 g/mol. The van der Waals surface area contributed by atoms with Crippen LogP contribution in [0.1, 0.15) is 12.0 Å². The summed E-state index contributed by atoms with van der Waals surface area (Å²) in [5.74, 6) is -1.89. The largest absolute Gasteiger partial charge is 0.480 e. The van der Waals surface area contributed by atoms with Gasteiger partial charge >= 0.3 is 5.97 Å². The molecule has 6 heteroatoms. The molecule has 1 saturated heterocycles. The number of hydrogen-bond donors (Lipinski definition) is 2. The highest BCUT2D eigenvalue weighted by molar-refractivity contribution is 5.85. The normalized spacial score (nSPS) is 22.5. The van der Waals surface area contributed by atoms with Crippen LogP contribution in [-0.4, -0.2) is 45.7 Å². The highest BCUT2D eigenvalue weighted by atomic mass is 19.1. The molecular formula is C13H14FNO4. The molecule has 1 aliphatic rings. The summed E-state index contributed by atoms with van der Waals surface area (Å²) < 4.78 is 12.7. The third-order valence-electron chi connectivity index (χ3n) is 3.15. The zero-order valence-corrected chi connectivity index (χ0v) is 10.1. The van der Waals surface area contributed by atoms with E-state index >= 15 is 0 Å². The standard InChI is InChI=1S/C13H14FNO4/c14-9-3-1-8(2-4-9)5-12(17)15-7-10(16)6-11(15)13(18)19/h1-4,10-11,16H,5-7H2,(H,18,19)/t10-,11-/m1/s1. The molecule has 0 aromatic heterocycles. The van der Waals surface area contributed by atoms with Crippen molar-refractivity contribution in [1.82, 2.24) is 4.90 Å². The molecule has 2 N–H and O–H groups in total. The number of carbonyl (C=O) groups is 2. The zero-order chi connectivity index (χ0) is 14.0. The molecule has 1 amide bonds. The summed E-state index contributed by atoms with van der Waals surface area (Å²) in [6.07, 6.45) is -0.764. The number of likely N-dealkylation sites (tertiary alicyclic amines) is 1. The minimum absolute atomic E-state index is 0.00319. The summed E-state index contributed by atoms with van der Waals surface area (Å²) >= 11 is 0. The van der Waals surface area contributed by atoms with E-state index in [0.717, 1.165) is 4.90 Å². The summed E-state index contributed by atoms with van der Waals surface area (Å²) in [5.41, 5.74) is 0.608. The minimum Gasteiger partial charge on any atom is -0.480 e. The summed E-state index contributed by atoms with van der Waals surface area (Å²) in [5, 5.41) is 18.5. The second kappa shape index (κ2) is 5.36. The van der Waals surface area contributed by atoms with Gasteiger partial charge in [-0.3, -0.25) is 4.79 Å². The van der Waals surface area contributed by atoms with Crippen LogP contribution in [0.15, 0.2) is 24.3 Å². The van der Waals surface area contributed by atoms with Crippen molar-refractivity contribution in [2.24, 2.45) is 0 Å². The van der Waals surface area contributed by atoms with Crippen LogP contribution in [0.4, 0.5) is 4.39 Å². The average Bonchev–Trinajstić information content (AvgIpc) is 2.74. The molecule has 2 atom stereocenters. The number of carbonyl (C=O) groups excluding carboxylic acids is 1. The van der Waals surface area contributed by atoms with Crippen molar-refractivity contribution in [2.75, 3.05) is 6.54 Å². The van der Waals surface area contributed by atoms with Gasteiger partial charge in [0.25, 0.3) is 0 Å². The molecule has 2 rings (SSSR count). The van der Waals surface area contributed by atoms with Crippen LogP contribution in [0.5, 0.6) is 0 Å². The second-order valence-corrected chi connectivity index (χ2v) is 4.59. The number of amides is 1. The van der Waals surface area contributed by atoms with E-state index in [2.05, 4.69) is 0 Å². The van der Waals surface area contributed by atoms with Crippen LogP contribution in [0, 0.1) is 5.82 Å². The fraction of sp³-hybridized carbons (Fsp3) is 0.385. The van der Waals surface area contributed by atoms with Gasteiger partial charge in [-0.1, -0.05) is 12.1 Å². The smallest absolute Gasteiger partial charge is 0.326 e. The lowest BCUT2D eigenvalue weighted by molar-refractivity contribution is -0.148. The van der Waals surface area contributed by atoms with Crippen molar-refractivity contribution in [3.05, 3.63) is 35.6 Å². The Labute approximate surface area is 109 Å². The lowest BCUT2D eigenvalue weighted by Gasteiger charge is -2.21. The molecule has 1 aromatic rings. The van der Waals surface area contributed by atoms with Crippen LogP contribution in [-0.2, 0) is 16.0 Å². The van der Waals surface area contributed by atoms with Crippen molar-refractivity contribution in [2.45, 2.75) is 25.0 Å².